The van der Waals surface area contributed by atoms with Crippen molar-refractivity contribution in [3.8, 4) is 0 Å². The monoisotopic (exact) mass is 225 g/mol. The molecule has 0 saturated carbocycles. The number of nitrogens with two attached hydrogens (primary N) is 1. The summed E-state index contributed by atoms with van der Waals surface area (Å²) < 4.78 is 7.01. The minimum atomic E-state index is -0.432. The molecule has 1 aromatic rings. The molecular weight excluding hydrogens is 210 g/mol. The van der Waals surface area contributed by atoms with Gasteiger partial charge in [-0.3, -0.25) is 14.3 Å². The summed E-state index contributed by atoms with van der Waals surface area (Å²) in [6, 6.07) is 0. The number of aryl methyl sites for hydroxylation is 1. The summed E-state index contributed by atoms with van der Waals surface area (Å²) in [6.07, 6.45) is 2.81. The number of aromatic amines is 1. The van der Waals surface area contributed by atoms with Crippen molar-refractivity contribution in [2.45, 2.75) is 32.1 Å². The van der Waals surface area contributed by atoms with Crippen molar-refractivity contribution in [3.63, 3.8) is 0 Å². The predicted octanol–water partition coefficient (Wildman–Crippen LogP) is -0.519. The van der Waals surface area contributed by atoms with Gasteiger partial charge in [-0.05, 0) is 19.8 Å². The number of aromatic nitrogens is 2. The Morgan fingerprint density at radius 1 is 1.56 bits per heavy atom. The number of nitrogens with zero attached hydrogens (tertiary/aromatic N) is 1. The number of hydrogen-bond donors (Lipinski definition) is 2. The molecule has 88 valence electrons. The van der Waals surface area contributed by atoms with Gasteiger partial charge in [0.15, 0.2) is 0 Å². The molecule has 0 spiro atoms. The number of ether oxygens (including phenoxy) is 1. The molecule has 0 aliphatic carbocycles. The highest BCUT2D eigenvalue weighted by Crippen LogP contribution is 2.26. The lowest BCUT2D eigenvalue weighted by atomic mass is 10.2. The molecule has 1 aliphatic rings. The Kier molecular flexibility index (Phi) is 2.93. The minimum absolute atomic E-state index is 0.00383. The van der Waals surface area contributed by atoms with Gasteiger partial charge < -0.3 is 10.5 Å². The topological polar surface area (TPSA) is 90.1 Å². The largest absolute Gasteiger partial charge is 0.353 e. The molecule has 0 aromatic carbocycles. The average molecular weight is 225 g/mol. The van der Waals surface area contributed by atoms with Crippen LogP contribution in [0.15, 0.2) is 15.8 Å². The molecule has 2 rings (SSSR count). The first-order valence-corrected chi connectivity index (χ1v) is 5.29. The maximum atomic E-state index is 11.6. The van der Waals surface area contributed by atoms with E-state index in [1.165, 1.54) is 10.8 Å². The Morgan fingerprint density at radius 2 is 2.31 bits per heavy atom. The van der Waals surface area contributed by atoms with E-state index in [0.717, 1.165) is 12.8 Å². The van der Waals surface area contributed by atoms with Gasteiger partial charge in [-0.2, -0.15) is 0 Å². The molecule has 6 nitrogen and oxygen atoms in total. The van der Waals surface area contributed by atoms with Crippen molar-refractivity contribution < 1.29 is 4.74 Å². The van der Waals surface area contributed by atoms with Crippen molar-refractivity contribution in [2.75, 3.05) is 6.54 Å². The predicted molar refractivity (Wildman–Crippen MR) is 58.3 cm³/mol. The van der Waals surface area contributed by atoms with Crippen LogP contribution >= 0.6 is 0 Å². The van der Waals surface area contributed by atoms with Crippen LogP contribution in [-0.4, -0.2) is 22.2 Å². The van der Waals surface area contributed by atoms with Gasteiger partial charge >= 0.3 is 5.69 Å². The molecule has 16 heavy (non-hydrogen) atoms. The van der Waals surface area contributed by atoms with E-state index in [9.17, 15) is 9.59 Å². The second-order valence-corrected chi connectivity index (χ2v) is 4.00. The van der Waals surface area contributed by atoms with Crippen LogP contribution in [-0.2, 0) is 4.74 Å². The Labute approximate surface area is 92.0 Å². The third-order valence-electron chi connectivity index (χ3n) is 2.80. The average Bonchev–Trinajstić information content (AvgIpc) is 2.71. The van der Waals surface area contributed by atoms with E-state index in [1.54, 1.807) is 6.92 Å². The zero-order valence-electron chi connectivity index (χ0n) is 9.10. The number of H-pyrrole nitrogens is 1. The first-order valence-electron chi connectivity index (χ1n) is 5.29. The second kappa shape index (κ2) is 4.23. The highest BCUT2D eigenvalue weighted by Gasteiger charge is 2.26. The molecular formula is C10H15N3O3. The number of hydrogen-bond acceptors (Lipinski definition) is 4. The van der Waals surface area contributed by atoms with Crippen LogP contribution in [0.4, 0.5) is 0 Å². The fourth-order valence-corrected chi connectivity index (χ4v) is 1.86. The van der Waals surface area contributed by atoms with Crippen LogP contribution in [0, 0.1) is 6.92 Å². The van der Waals surface area contributed by atoms with Crippen LogP contribution in [0.5, 0.6) is 0 Å². The van der Waals surface area contributed by atoms with Crippen molar-refractivity contribution in [3.05, 3.63) is 32.6 Å². The van der Waals surface area contributed by atoms with E-state index >= 15 is 0 Å². The third-order valence-corrected chi connectivity index (χ3v) is 2.80. The van der Waals surface area contributed by atoms with Crippen LogP contribution in [0.25, 0.3) is 0 Å². The van der Waals surface area contributed by atoms with E-state index in [4.69, 9.17) is 10.5 Å². The molecule has 0 amide bonds. The van der Waals surface area contributed by atoms with E-state index in [0.29, 0.717) is 12.1 Å². The number of rotatable bonds is 2. The quantitative estimate of drug-likeness (QED) is 0.708. The maximum Gasteiger partial charge on any atom is 0.330 e. The highest BCUT2D eigenvalue weighted by molar-refractivity contribution is 5.01. The van der Waals surface area contributed by atoms with Gasteiger partial charge in [0.05, 0.1) is 6.10 Å². The molecule has 2 atom stereocenters. The first kappa shape index (κ1) is 11.1. The van der Waals surface area contributed by atoms with E-state index < -0.39 is 5.69 Å². The summed E-state index contributed by atoms with van der Waals surface area (Å²) in [7, 11) is 0. The first-order chi connectivity index (χ1) is 7.61. The van der Waals surface area contributed by atoms with Gasteiger partial charge in [0.2, 0.25) is 0 Å². The summed E-state index contributed by atoms with van der Waals surface area (Å²) in [4.78, 5) is 25.0. The fraction of sp³-hybridized carbons (Fsp3) is 0.600. The summed E-state index contributed by atoms with van der Waals surface area (Å²) in [5.41, 5.74) is 5.21. The normalized spacial score (nSPS) is 24.9. The SMILES string of the molecule is Cc1cn([C@H]2CC[C@@H](CN)O2)c(=O)[nH]c1=O. The molecule has 0 unspecified atom stereocenters. The van der Waals surface area contributed by atoms with Crippen LogP contribution in [0.1, 0.15) is 24.6 Å². The standard InChI is InChI=1S/C10H15N3O3/c1-6-5-13(10(15)12-9(6)14)8-3-2-7(4-11)16-8/h5,7-8H,2-4,11H2,1H3,(H,12,14,15)/t7-,8+/m0/s1. The molecule has 3 N–H and O–H groups in total. The number of nitrogens with one attached hydrogen (secondary N) is 1. The maximum absolute atomic E-state index is 11.6. The van der Waals surface area contributed by atoms with Gasteiger partial charge in [-0.1, -0.05) is 0 Å². The highest BCUT2D eigenvalue weighted by atomic mass is 16.5. The van der Waals surface area contributed by atoms with Crippen LogP contribution < -0.4 is 17.0 Å². The summed E-state index contributed by atoms with van der Waals surface area (Å²) in [5, 5.41) is 0. The summed E-state index contributed by atoms with van der Waals surface area (Å²) in [5.74, 6) is 0. The van der Waals surface area contributed by atoms with Gasteiger partial charge in [-0.15, -0.1) is 0 Å². The zero-order chi connectivity index (χ0) is 11.7. The molecule has 2 heterocycles. The van der Waals surface area contributed by atoms with Crippen LogP contribution in [0.3, 0.4) is 0 Å². The third kappa shape index (κ3) is 1.94. The summed E-state index contributed by atoms with van der Waals surface area (Å²) in [6.45, 7) is 2.11. The van der Waals surface area contributed by atoms with Crippen molar-refractivity contribution in [1.29, 1.82) is 0 Å². The Bertz CT molecular complexity index is 491. The Morgan fingerprint density at radius 3 is 2.94 bits per heavy atom. The van der Waals surface area contributed by atoms with Crippen LogP contribution in [0.2, 0.25) is 0 Å². The zero-order valence-corrected chi connectivity index (χ0v) is 9.10. The van der Waals surface area contributed by atoms with Crippen molar-refractivity contribution in [2.24, 2.45) is 5.73 Å². The molecule has 1 fully saturated rings. The van der Waals surface area contributed by atoms with Crippen molar-refractivity contribution >= 4 is 0 Å². The van der Waals surface area contributed by atoms with E-state index in [1.807, 2.05) is 0 Å². The van der Waals surface area contributed by atoms with Crippen molar-refractivity contribution in [1.82, 2.24) is 9.55 Å². The molecule has 1 saturated heterocycles. The molecule has 1 aromatic heterocycles. The van der Waals surface area contributed by atoms with E-state index in [-0.39, 0.29) is 17.9 Å². The van der Waals surface area contributed by atoms with Gasteiger partial charge in [0.25, 0.3) is 5.56 Å². The summed E-state index contributed by atoms with van der Waals surface area (Å²) >= 11 is 0. The fourth-order valence-electron chi connectivity index (χ4n) is 1.86. The lowest BCUT2D eigenvalue weighted by Gasteiger charge is -2.15. The van der Waals surface area contributed by atoms with Gasteiger partial charge in [0.1, 0.15) is 6.23 Å². The Balaban J connectivity index is 2.32. The lowest BCUT2D eigenvalue weighted by Crippen LogP contribution is -2.33. The minimum Gasteiger partial charge on any atom is -0.353 e. The second-order valence-electron chi connectivity index (χ2n) is 4.00. The van der Waals surface area contributed by atoms with Gasteiger partial charge in [-0.25, -0.2) is 4.79 Å². The molecule has 0 bridgehead atoms. The van der Waals surface area contributed by atoms with E-state index in [2.05, 4.69) is 4.98 Å². The molecule has 1 aliphatic heterocycles. The smallest absolute Gasteiger partial charge is 0.330 e. The molecule has 6 heteroatoms. The molecule has 0 radical (unpaired) electrons. The lowest BCUT2D eigenvalue weighted by molar-refractivity contribution is 0.00348. The van der Waals surface area contributed by atoms with Gasteiger partial charge in [0, 0.05) is 18.3 Å². The Hall–Kier alpha value is -1.40.